The predicted molar refractivity (Wildman–Crippen MR) is 105 cm³/mol. The molecule has 0 saturated carbocycles. The topological polar surface area (TPSA) is 0 Å². The van der Waals surface area contributed by atoms with E-state index in [1.165, 1.54) is 10.4 Å². The maximum atomic E-state index is 9.05. The summed E-state index contributed by atoms with van der Waals surface area (Å²) in [5.41, 5.74) is 0.438. The lowest BCUT2D eigenvalue weighted by atomic mass is 9.87. The first-order valence-corrected chi connectivity index (χ1v) is 14.1. The molecule has 2 aromatic rings. The van der Waals surface area contributed by atoms with Crippen molar-refractivity contribution in [3.63, 3.8) is 0 Å². The van der Waals surface area contributed by atoms with Crippen molar-refractivity contribution in [1.29, 1.82) is 0 Å². The van der Waals surface area contributed by atoms with Crippen LogP contribution in [0.4, 0.5) is 0 Å². The summed E-state index contributed by atoms with van der Waals surface area (Å²) in [6, 6.07) is 9.85. The molecule has 22 heavy (non-hydrogen) atoms. The van der Waals surface area contributed by atoms with Gasteiger partial charge in [0, 0.05) is 0 Å². The normalized spacial score (nSPS) is 20.4. The van der Waals surface area contributed by atoms with Crippen molar-refractivity contribution in [2.45, 2.75) is 52.4 Å². The maximum absolute atomic E-state index is 9.05. The van der Waals surface area contributed by atoms with Gasteiger partial charge in [0.15, 0.2) is 0 Å². The molecule has 0 spiro atoms. The van der Waals surface area contributed by atoms with E-state index in [1.54, 1.807) is 0 Å². The number of benzene rings is 2. The van der Waals surface area contributed by atoms with Gasteiger partial charge in [-0.3, -0.25) is 0 Å². The largest absolute Gasteiger partial charge is 0.111 e. The Morgan fingerprint density at radius 1 is 0.773 bits per heavy atom. The Hall–Kier alpha value is -1.13. The number of rotatable bonds is 0. The van der Waals surface area contributed by atoms with E-state index in [2.05, 4.69) is 71.2 Å². The third kappa shape index (κ3) is 2.16. The first-order chi connectivity index (χ1) is 11.3. The van der Waals surface area contributed by atoms with Crippen LogP contribution in [0.25, 0.3) is 0 Å². The van der Waals surface area contributed by atoms with E-state index in [0.717, 1.165) is 15.9 Å². The molecule has 0 atom stereocenters. The Balaban J connectivity index is 2.54. The van der Waals surface area contributed by atoms with Gasteiger partial charge in [-0.1, -0.05) is 110 Å². The van der Waals surface area contributed by atoms with Gasteiger partial charge in [0.2, 0.25) is 0 Å². The maximum Gasteiger partial charge on any atom is 0.111 e. The lowest BCUT2D eigenvalue weighted by molar-refractivity contribution is 0.591. The van der Waals surface area contributed by atoms with E-state index in [1.807, 2.05) is 0 Å². The Labute approximate surface area is 141 Å². The van der Waals surface area contributed by atoms with E-state index < -0.39 is 16.1 Å². The van der Waals surface area contributed by atoms with Gasteiger partial charge in [0.1, 0.15) is 16.1 Å². The Morgan fingerprint density at radius 2 is 1.27 bits per heavy atom. The average molecular weight is 328 g/mol. The smallest absolute Gasteiger partial charge is 0.0627 e. The molecule has 1 heterocycles. The van der Waals surface area contributed by atoms with Gasteiger partial charge < -0.3 is 0 Å². The zero-order valence-corrected chi connectivity index (χ0v) is 16.8. The van der Waals surface area contributed by atoms with E-state index in [-0.39, 0.29) is 11.5 Å². The van der Waals surface area contributed by atoms with Crippen molar-refractivity contribution in [1.82, 2.24) is 0 Å². The average Bonchev–Trinajstić information content (AvgIpc) is 2.48. The monoisotopic (exact) mass is 327 g/mol. The quantitative estimate of drug-likeness (QED) is 0.653. The molecule has 1 aliphatic rings. The fraction of sp³-hybridized carbons (Fsp3) is 0.400. The summed E-state index contributed by atoms with van der Waals surface area (Å²) in [7, 11) is -4.19. The van der Waals surface area contributed by atoms with E-state index in [9.17, 15) is 0 Å². The van der Waals surface area contributed by atoms with Crippen LogP contribution in [0.2, 0.25) is 26.2 Å². The third-order valence-corrected chi connectivity index (χ3v) is 12.4. The molecule has 0 radical (unpaired) electrons. The first-order valence-electron chi connectivity index (χ1n) is 9.58. The minimum Gasteiger partial charge on any atom is -0.0627 e. The SMILES string of the molecule is [2H]c1c([2H])c2c(c([2H])c1C(C)(C)C)[Si](C)(C)c1ccccc1[Si]2(C)C. The number of hydrogen-bond donors (Lipinski definition) is 0. The second-order valence-corrected chi connectivity index (χ2v) is 17.1. The molecule has 0 saturated heterocycles. The first kappa shape index (κ1) is 12.3. The van der Waals surface area contributed by atoms with E-state index >= 15 is 0 Å². The molecule has 0 aromatic heterocycles. The van der Waals surface area contributed by atoms with Crippen LogP contribution < -0.4 is 20.7 Å². The molecule has 116 valence electrons. The molecule has 0 N–H and O–H groups in total. The highest BCUT2D eigenvalue weighted by Crippen LogP contribution is 2.23. The zero-order chi connectivity index (χ0) is 18.9. The van der Waals surface area contributed by atoms with Gasteiger partial charge in [0.25, 0.3) is 0 Å². The van der Waals surface area contributed by atoms with Crippen molar-refractivity contribution < 1.29 is 4.11 Å². The number of hydrogen-bond acceptors (Lipinski definition) is 0. The molecule has 1 aliphatic heterocycles. The lowest BCUT2D eigenvalue weighted by Crippen LogP contribution is -2.77. The fourth-order valence-electron chi connectivity index (χ4n) is 3.56. The molecule has 2 aromatic carbocycles. The van der Waals surface area contributed by atoms with Crippen molar-refractivity contribution in [3.8, 4) is 0 Å². The summed E-state index contributed by atoms with van der Waals surface area (Å²) in [5.74, 6) is 0. The summed E-state index contributed by atoms with van der Waals surface area (Å²) >= 11 is 0. The van der Waals surface area contributed by atoms with E-state index in [0.29, 0.717) is 12.1 Å². The molecule has 0 aliphatic carbocycles. The molecule has 0 fully saturated rings. The van der Waals surface area contributed by atoms with E-state index in [4.69, 9.17) is 4.11 Å². The summed E-state index contributed by atoms with van der Waals surface area (Å²) in [4.78, 5) is 0. The van der Waals surface area contributed by atoms with Gasteiger partial charge in [0.05, 0.1) is 4.11 Å². The second kappa shape index (κ2) is 4.68. The minimum atomic E-state index is -2.10. The summed E-state index contributed by atoms with van der Waals surface area (Å²) in [6.45, 7) is 15.3. The fourth-order valence-corrected chi connectivity index (χ4v) is 12.6. The highest BCUT2D eigenvalue weighted by Gasteiger charge is 2.43. The molecule has 0 bridgehead atoms. The predicted octanol–water partition coefficient (Wildman–Crippen LogP) is 2.94. The van der Waals surface area contributed by atoms with Crippen molar-refractivity contribution in [2.75, 3.05) is 0 Å². The molecule has 3 rings (SSSR count). The summed E-state index contributed by atoms with van der Waals surface area (Å²) in [5, 5.41) is 4.99. The second-order valence-electron chi connectivity index (χ2n) is 8.55. The molecule has 0 amide bonds. The third-order valence-electron chi connectivity index (χ3n) is 5.09. The van der Waals surface area contributed by atoms with Crippen molar-refractivity contribution >= 4 is 36.9 Å². The van der Waals surface area contributed by atoms with Gasteiger partial charge >= 0.3 is 0 Å². The molecule has 0 unspecified atom stereocenters. The lowest BCUT2D eigenvalue weighted by Gasteiger charge is -2.42. The van der Waals surface area contributed by atoms with Crippen molar-refractivity contribution in [2.24, 2.45) is 0 Å². The number of fused-ring (bicyclic) bond motifs is 2. The highest BCUT2D eigenvalue weighted by atomic mass is 28.3. The van der Waals surface area contributed by atoms with Gasteiger partial charge in [-0.05, 0) is 11.0 Å². The van der Waals surface area contributed by atoms with Gasteiger partial charge in [-0.2, -0.15) is 0 Å². The van der Waals surface area contributed by atoms with Crippen LogP contribution in [0.15, 0.2) is 42.4 Å². The molecule has 0 nitrogen and oxygen atoms in total. The van der Waals surface area contributed by atoms with Crippen LogP contribution in [-0.4, -0.2) is 16.1 Å². The Morgan fingerprint density at radius 3 is 1.77 bits per heavy atom. The van der Waals surface area contributed by atoms with Crippen LogP contribution in [0.3, 0.4) is 0 Å². The Bertz CT molecular complexity index is 877. The zero-order valence-electron chi connectivity index (χ0n) is 17.8. The minimum absolute atomic E-state index is 0.265. The summed E-state index contributed by atoms with van der Waals surface area (Å²) < 4.78 is 26.5. The van der Waals surface area contributed by atoms with Crippen LogP contribution >= 0.6 is 0 Å². The van der Waals surface area contributed by atoms with Crippen LogP contribution in [0, 0.1) is 0 Å². The molecular weight excluding hydrogens is 296 g/mol. The van der Waals surface area contributed by atoms with Crippen LogP contribution in [-0.2, 0) is 5.41 Å². The molecular formula is C20H28Si2. The summed E-state index contributed by atoms with van der Waals surface area (Å²) in [6.07, 6.45) is 0. The standard InChI is InChI=1S/C20H28Si2/c1-20(2,3)15-12-13-18-19(14-15)22(6,7)17-11-9-8-10-16(17)21(18,4)5/h8-14H,1-7H3/i12D,13D,14D. The molecule has 2 heteroatoms. The van der Waals surface area contributed by atoms with Crippen LogP contribution in [0.5, 0.6) is 0 Å². The van der Waals surface area contributed by atoms with Crippen LogP contribution in [0.1, 0.15) is 30.4 Å². The van der Waals surface area contributed by atoms with Gasteiger partial charge in [-0.25, -0.2) is 0 Å². The Kier molecular flexibility index (Phi) is 2.62. The van der Waals surface area contributed by atoms with Gasteiger partial charge in [-0.15, -0.1) is 0 Å². The highest BCUT2D eigenvalue weighted by molar-refractivity contribution is 7.16. The van der Waals surface area contributed by atoms with Crippen molar-refractivity contribution in [3.05, 3.63) is 48.0 Å².